The molecular formula is C22H32O3. The van der Waals surface area contributed by atoms with Crippen LogP contribution in [0.3, 0.4) is 0 Å². The van der Waals surface area contributed by atoms with Gasteiger partial charge in [0.2, 0.25) is 0 Å². The first-order valence-electron chi connectivity index (χ1n) is 9.32. The second-order valence-corrected chi connectivity index (χ2v) is 8.26. The van der Waals surface area contributed by atoms with Gasteiger partial charge in [0.15, 0.2) is 0 Å². The summed E-state index contributed by atoms with van der Waals surface area (Å²) in [5, 5.41) is 0. The molecule has 0 amide bonds. The smallest absolute Gasteiger partial charge is 0.303 e. The Kier molecular flexibility index (Phi) is 6.08. The predicted molar refractivity (Wildman–Crippen MR) is 101 cm³/mol. The summed E-state index contributed by atoms with van der Waals surface area (Å²) in [6.07, 6.45) is 8.02. The Hall–Kier alpha value is -1.64. The number of Topliss-reactive ketones (excluding diaryl/α,β-unsaturated/α-hetero) is 1. The Morgan fingerprint density at radius 2 is 1.92 bits per heavy atom. The van der Waals surface area contributed by atoms with Crippen LogP contribution < -0.4 is 0 Å². The van der Waals surface area contributed by atoms with Gasteiger partial charge in [0.1, 0.15) is 11.9 Å². The fourth-order valence-electron chi connectivity index (χ4n) is 4.45. The Labute approximate surface area is 152 Å². The van der Waals surface area contributed by atoms with Crippen LogP contribution in [0.2, 0.25) is 0 Å². The molecule has 0 heterocycles. The van der Waals surface area contributed by atoms with Crippen molar-refractivity contribution in [2.75, 3.05) is 0 Å². The van der Waals surface area contributed by atoms with E-state index in [4.69, 9.17) is 4.74 Å². The second kappa shape index (κ2) is 7.72. The third-order valence-electron chi connectivity index (χ3n) is 6.01. The number of ketones is 1. The molecule has 0 aliphatic heterocycles. The number of fused-ring (bicyclic) bond motifs is 1. The maximum atomic E-state index is 12.8. The minimum Gasteiger partial charge on any atom is -0.458 e. The molecule has 3 nitrogen and oxygen atoms in total. The molecule has 2 rings (SSSR count). The zero-order valence-corrected chi connectivity index (χ0v) is 16.4. The van der Waals surface area contributed by atoms with Crippen LogP contribution in [0.4, 0.5) is 0 Å². The van der Waals surface area contributed by atoms with Gasteiger partial charge >= 0.3 is 5.97 Å². The molecule has 0 saturated heterocycles. The van der Waals surface area contributed by atoms with Crippen molar-refractivity contribution < 1.29 is 14.3 Å². The van der Waals surface area contributed by atoms with Crippen molar-refractivity contribution >= 4 is 11.8 Å². The Balaban J connectivity index is 2.36. The van der Waals surface area contributed by atoms with Crippen molar-refractivity contribution in [3.05, 3.63) is 35.5 Å². The summed E-state index contributed by atoms with van der Waals surface area (Å²) in [4.78, 5) is 24.2. The van der Waals surface area contributed by atoms with Crippen molar-refractivity contribution in [3.8, 4) is 0 Å². The molecule has 1 saturated carbocycles. The number of rotatable bonds is 2. The van der Waals surface area contributed by atoms with E-state index >= 15 is 0 Å². The zero-order valence-electron chi connectivity index (χ0n) is 16.4. The summed E-state index contributed by atoms with van der Waals surface area (Å²) in [5.74, 6) is 0.726. The third-order valence-corrected chi connectivity index (χ3v) is 6.01. The number of allylic oxidation sites excluding steroid dienone is 3. The van der Waals surface area contributed by atoms with E-state index in [1.807, 2.05) is 0 Å². The Morgan fingerprint density at radius 1 is 1.24 bits per heavy atom. The Morgan fingerprint density at radius 3 is 2.52 bits per heavy atom. The molecule has 4 atom stereocenters. The standard InChI is InChI=1S/C22H32O3/c1-14(2)19-13-21(24)22(6)10-9-16(4)12-18(25-17(5)23)11-15(3)7-8-20(19)22/h9,11,18-20H,1,7-8,10,12-13H2,2-6H3/b15-11-,16-9+/t18?,19-,20+,22-/m1/s1. The van der Waals surface area contributed by atoms with Gasteiger partial charge in [-0.05, 0) is 57.9 Å². The fourth-order valence-corrected chi connectivity index (χ4v) is 4.45. The van der Waals surface area contributed by atoms with Crippen molar-refractivity contribution in [2.45, 2.75) is 72.8 Å². The molecular weight excluding hydrogens is 312 g/mol. The molecule has 0 radical (unpaired) electrons. The van der Waals surface area contributed by atoms with E-state index < -0.39 is 0 Å². The topological polar surface area (TPSA) is 43.4 Å². The van der Waals surface area contributed by atoms with Gasteiger partial charge in [0.05, 0.1) is 0 Å². The minimum absolute atomic E-state index is 0.216. The molecule has 2 aliphatic carbocycles. The summed E-state index contributed by atoms with van der Waals surface area (Å²) in [6.45, 7) is 13.9. The van der Waals surface area contributed by atoms with Gasteiger partial charge in [0, 0.05) is 25.2 Å². The number of carbonyl (C=O) groups excluding carboxylic acids is 2. The monoisotopic (exact) mass is 344 g/mol. The lowest BCUT2D eigenvalue weighted by molar-refractivity contribution is -0.144. The quantitative estimate of drug-likeness (QED) is 0.512. The number of hydrogen-bond donors (Lipinski definition) is 0. The number of ether oxygens (including phenoxy) is 1. The van der Waals surface area contributed by atoms with Gasteiger partial charge in [-0.2, -0.15) is 0 Å². The van der Waals surface area contributed by atoms with E-state index in [0.29, 0.717) is 24.5 Å². The maximum Gasteiger partial charge on any atom is 0.303 e. The SMILES string of the molecule is C=C(C)[C@H]1CC(=O)[C@]2(C)C/C=C(\C)CC(OC(C)=O)/C=C(/C)CC[C@@H]12. The maximum absolute atomic E-state index is 12.8. The third kappa shape index (κ3) is 4.50. The fraction of sp³-hybridized carbons (Fsp3) is 0.636. The first kappa shape index (κ1) is 19.7. The van der Waals surface area contributed by atoms with Crippen LogP contribution in [0.15, 0.2) is 35.5 Å². The van der Waals surface area contributed by atoms with Gasteiger partial charge < -0.3 is 4.74 Å². The van der Waals surface area contributed by atoms with E-state index in [0.717, 1.165) is 24.8 Å². The van der Waals surface area contributed by atoms with Crippen LogP contribution in [0.5, 0.6) is 0 Å². The lowest BCUT2D eigenvalue weighted by atomic mass is 9.70. The first-order valence-corrected chi connectivity index (χ1v) is 9.32. The lowest BCUT2D eigenvalue weighted by Crippen LogP contribution is -2.30. The average molecular weight is 344 g/mol. The predicted octanol–water partition coefficient (Wildman–Crippen LogP) is 5.17. The van der Waals surface area contributed by atoms with E-state index in [1.165, 1.54) is 18.1 Å². The molecule has 0 aromatic rings. The second-order valence-electron chi connectivity index (χ2n) is 8.26. The first-order chi connectivity index (χ1) is 11.6. The van der Waals surface area contributed by atoms with Gasteiger partial charge in [-0.1, -0.05) is 36.3 Å². The van der Waals surface area contributed by atoms with E-state index in [-0.39, 0.29) is 23.4 Å². The molecule has 1 unspecified atom stereocenters. The summed E-state index contributed by atoms with van der Waals surface area (Å²) in [6, 6.07) is 0. The molecule has 138 valence electrons. The number of esters is 1. The molecule has 3 heteroatoms. The summed E-state index contributed by atoms with van der Waals surface area (Å²) >= 11 is 0. The van der Waals surface area contributed by atoms with Crippen LogP contribution in [0.25, 0.3) is 0 Å². The molecule has 0 aromatic carbocycles. The normalized spacial score (nSPS) is 37.8. The molecule has 25 heavy (non-hydrogen) atoms. The van der Waals surface area contributed by atoms with Gasteiger partial charge in [0.25, 0.3) is 0 Å². The van der Waals surface area contributed by atoms with Crippen molar-refractivity contribution in [3.63, 3.8) is 0 Å². The van der Waals surface area contributed by atoms with E-state index in [1.54, 1.807) is 0 Å². The van der Waals surface area contributed by atoms with Gasteiger partial charge in [-0.25, -0.2) is 0 Å². The Bertz CT molecular complexity index is 625. The average Bonchev–Trinajstić information content (AvgIpc) is 2.73. The molecule has 0 N–H and O–H groups in total. The number of carbonyl (C=O) groups is 2. The van der Waals surface area contributed by atoms with Crippen molar-refractivity contribution in [2.24, 2.45) is 17.3 Å². The molecule has 2 aliphatic rings. The molecule has 0 bridgehead atoms. The lowest BCUT2D eigenvalue weighted by Gasteiger charge is -2.32. The van der Waals surface area contributed by atoms with Crippen LogP contribution in [0.1, 0.15) is 66.7 Å². The number of hydrogen-bond acceptors (Lipinski definition) is 3. The molecule has 1 fully saturated rings. The van der Waals surface area contributed by atoms with Crippen molar-refractivity contribution in [1.29, 1.82) is 0 Å². The highest BCUT2D eigenvalue weighted by Gasteiger charge is 2.50. The van der Waals surface area contributed by atoms with E-state index in [9.17, 15) is 9.59 Å². The highest BCUT2D eigenvalue weighted by molar-refractivity contribution is 5.88. The van der Waals surface area contributed by atoms with Gasteiger partial charge in [-0.3, -0.25) is 9.59 Å². The van der Waals surface area contributed by atoms with Crippen LogP contribution >= 0.6 is 0 Å². The molecule has 0 spiro atoms. The summed E-state index contributed by atoms with van der Waals surface area (Å²) < 4.78 is 5.47. The summed E-state index contributed by atoms with van der Waals surface area (Å²) in [7, 11) is 0. The zero-order chi connectivity index (χ0) is 18.8. The van der Waals surface area contributed by atoms with Crippen LogP contribution in [-0.4, -0.2) is 17.9 Å². The highest BCUT2D eigenvalue weighted by atomic mass is 16.5. The molecule has 0 aromatic heterocycles. The summed E-state index contributed by atoms with van der Waals surface area (Å²) in [5.41, 5.74) is 3.20. The largest absolute Gasteiger partial charge is 0.458 e. The minimum atomic E-state index is -0.313. The van der Waals surface area contributed by atoms with Gasteiger partial charge in [-0.15, -0.1) is 0 Å². The van der Waals surface area contributed by atoms with E-state index in [2.05, 4.69) is 46.4 Å². The van der Waals surface area contributed by atoms with Crippen LogP contribution in [0, 0.1) is 17.3 Å². The highest BCUT2D eigenvalue weighted by Crippen LogP contribution is 2.51. The van der Waals surface area contributed by atoms with Crippen LogP contribution in [-0.2, 0) is 14.3 Å². The van der Waals surface area contributed by atoms with Crippen molar-refractivity contribution in [1.82, 2.24) is 0 Å².